The van der Waals surface area contributed by atoms with Crippen LogP contribution in [-0.2, 0) is 4.79 Å². The molecule has 2 bridgehead atoms. The molecule has 4 atom stereocenters. The number of fused-ring (bicyclic) bond motifs is 2. The van der Waals surface area contributed by atoms with E-state index in [9.17, 15) is 4.79 Å². The van der Waals surface area contributed by atoms with Crippen molar-refractivity contribution in [2.24, 2.45) is 23.7 Å². The predicted octanol–water partition coefficient (Wildman–Crippen LogP) is 2.74. The highest BCUT2D eigenvalue weighted by molar-refractivity contribution is 7.99. The van der Waals surface area contributed by atoms with Gasteiger partial charge < -0.3 is 0 Å². The van der Waals surface area contributed by atoms with Crippen LogP contribution in [0.2, 0.25) is 0 Å². The van der Waals surface area contributed by atoms with Gasteiger partial charge in [-0.05, 0) is 43.3 Å². The molecule has 2 heteroatoms. The lowest BCUT2D eigenvalue weighted by atomic mass is 9.81. The number of hydrogen-bond acceptors (Lipinski definition) is 2. The fraction of sp³-hybridized carbons (Fsp3) is 0.917. The first-order chi connectivity index (χ1) is 6.84. The van der Waals surface area contributed by atoms with E-state index in [2.05, 4.69) is 0 Å². The lowest BCUT2D eigenvalue weighted by molar-refractivity contribution is -0.127. The first-order valence-electron chi connectivity index (χ1n) is 5.96. The first kappa shape index (κ1) is 9.26. The number of Topliss-reactive ketones (excluding diaryl/α,β-unsaturated/α-hetero) is 1. The number of carbonyl (C=O) groups is 1. The summed E-state index contributed by atoms with van der Waals surface area (Å²) in [5, 5.41) is 0. The molecule has 1 heterocycles. The van der Waals surface area contributed by atoms with E-state index < -0.39 is 0 Å². The Morgan fingerprint density at radius 1 is 1.14 bits per heavy atom. The third-order valence-electron chi connectivity index (χ3n) is 4.44. The van der Waals surface area contributed by atoms with Gasteiger partial charge in [-0.2, -0.15) is 11.8 Å². The van der Waals surface area contributed by atoms with Crippen LogP contribution >= 0.6 is 11.8 Å². The lowest BCUT2D eigenvalue weighted by Crippen LogP contribution is -2.27. The zero-order valence-corrected chi connectivity index (χ0v) is 9.39. The zero-order valence-electron chi connectivity index (χ0n) is 8.58. The molecule has 3 rings (SSSR count). The molecule has 0 aromatic rings. The average molecular weight is 210 g/mol. The highest BCUT2D eigenvalue weighted by Gasteiger charge is 2.44. The third-order valence-corrected chi connectivity index (χ3v) is 5.60. The van der Waals surface area contributed by atoms with E-state index in [0.717, 1.165) is 24.0 Å². The molecule has 1 nitrogen and oxygen atoms in total. The maximum absolute atomic E-state index is 12.2. The van der Waals surface area contributed by atoms with E-state index in [1.807, 2.05) is 11.8 Å². The SMILES string of the molecule is O=C(C1CCSC1)C1CC2CCC1C2. The topological polar surface area (TPSA) is 17.1 Å². The van der Waals surface area contributed by atoms with Gasteiger partial charge in [0.05, 0.1) is 0 Å². The summed E-state index contributed by atoms with van der Waals surface area (Å²) in [7, 11) is 0. The van der Waals surface area contributed by atoms with Gasteiger partial charge >= 0.3 is 0 Å². The summed E-state index contributed by atoms with van der Waals surface area (Å²) >= 11 is 1.97. The molecule has 14 heavy (non-hydrogen) atoms. The number of carbonyl (C=O) groups excluding carboxylic acids is 1. The van der Waals surface area contributed by atoms with Crippen molar-refractivity contribution in [2.45, 2.75) is 32.1 Å². The monoisotopic (exact) mass is 210 g/mol. The standard InChI is InChI=1S/C12H18OS/c13-12(10-3-4-14-7-10)11-6-8-1-2-9(11)5-8/h8-11H,1-7H2. The van der Waals surface area contributed by atoms with Crippen molar-refractivity contribution < 1.29 is 4.79 Å². The average Bonchev–Trinajstić information content (AvgIpc) is 2.93. The van der Waals surface area contributed by atoms with Gasteiger partial charge in [0.15, 0.2) is 0 Å². The van der Waals surface area contributed by atoms with Crippen molar-refractivity contribution in [1.82, 2.24) is 0 Å². The Morgan fingerprint density at radius 3 is 2.64 bits per heavy atom. The fourth-order valence-electron chi connectivity index (χ4n) is 3.65. The van der Waals surface area contributed by atoms with Gasteiger partial charge in [-0.1, -0.05) is 6.42 Å². The molecule has 2 saturated carbocycles. The molecule has 3 fully saturated rings. The maximum atomic E-state index is 12.2. The van der Waals surface area contributed by atoms with Crippen LogP contribution in [0.25, 0.3) is 0 Å². The number of ketones is 1. The Balaban J connectivity index is 1.67. The fourth-order valence-corrected chi connectivity index (χ4v) is 4.89. The van der Waals surface area contributed by atoms with Crippen LogP contribution in [0.1, 0.15) is 32.1 Å². The van der Waals surface area contributed by atoms with Gasteiger partial charge in [0.1, 0.15) is 5.78 Å². The van der Waals surface area contributed by atoms with Crippen molar-refractivity contribution >= 4 is 17.5 Å². The molecule has 78 valence electrons. The van der Waals surface area contributed by atoms with E-state index in [1.165, 1.54) is 31.4 Å². The van der Waals surface area contributed by atoms with Crippen LogP contribution in [-0.4, -0.2) is 17.3 Å². The van der Waals surface area contributed by atoms with Crippen LogP contribution in [0, 0.1) is 23.7 Å². The van der Waals surface area contributed by atoms with Crippen LogP contribution in [0.15, 0.2) is 0 Å². The summed E-state index contributed by atoms with van der Waals surface area (Å²) in [6, 6.07) is 0. The van der Waals surface area contributed by atoms with Crippen molar-refractivity contribution in [1.29, 1.82) is 0 Å². The summed E-state index contributed by atoms with van der Waals surface area (Å²) in [5.74, 6) is 5.61. The lowest BCUT2D eigenvalue weighted by Gasteiger charge is -2.22. The minimum atomic E-state index is 0.435. The maximum Gasteiger partial charge on any atom is 0.140 e. The van der Waals surface area contributed by atoms with Crippen LogP contribution in [0.3, 0.4) is 0 Å². The van der Waals surface area contributed by atoms with Gasteiger partial charge in [-0.3, -0.25) is 4.79 Å². The molecule has 1 saturated heterocycles. The Labute approximate surface area is 90.0 Å². The molecule has 0 aromatic heterocycles. The second kappa shape index (κ2) is 3.55. The molecular weight excluding hydrogens is 192 g/mol. The van der Waals surface area contributed by atoms with E-state index in [1.54, 1.807) is 0 Å². The molecule has 0 aromatic carbocycles. The quantitative estimate of drug-likeness (QED) is 0.697. The van der Waals surface area contributed by atoms with Crippen molar-refractivity contribution in [3.8, 4) is 0 Å². The number of hydrogen-bond donors (Lipinski definition) is 0. The molecule has 4 unspecified atom stereocenters. The van der Waals surface area contributed by atoms with E-state index >= 15 is 0 Å². The second-order valence-electron chi connectivity index (χ2n) is 5.24. The van der Waals surface area contributed by atoms with Crippen molar-refractivity contribution in [2.75, 3.05) is 11.5 Å². The van der Waals surface area contributed by atoms with Gasteiger partial charge in [0, 0.05) is 17.6 Å². The first-order valence-corrected chi connectivity index (χ1v) is 7.11. The number of thioether (sulfide) groups is 1. The molecule has 2 aliphatic carbocycles. The van der Waals surface area contributed by atoms with Gasteiger partial charge in [-0.25, -0.2) is 0 Å². The smallest absolute Gasteiger partial charge is 0.140 e. The van der Waals surface area contributed by atoms with Crippen molar-refractivity contribution in [3.05, 3.63) is 0 Å². The Kier molecular flexibility index (Phi) is 2.35. The Bertz CT molecular complexity index is 245. The van der Waals surface area contributed by atoms with E-state index in [-0.39, 0.29) is 0 Å². The molecule has 0 amide bonds. The highest BCUT2D eigenvalue weighted by atomic mass is 32.2. The molecular formula is C12H18OS. The minimum Gasteiger partial charge on any atom is -0.299 e. The third kappa shape index (κ3) is 1.42. The molecule has 0 spiro atoms. The molecule has 0 N–H and O–H groups in total. The molecule has 1 aliphatic heterocycles. The minimum absolute atomic E-state index is 0.435. The predicted molar refractivity (Wildman–Crippen MR) is 59.4 cm³/mol. The summed E-state index contributed by atoms with van der Waals surface area (Å²) in [6.07, 6.45) is 6.53. The Morgan fingerprint density at radius 2 is 2.07 bits per heavy atom. The highest BCUT2D eigenvalue weighted by Crippen LogP contribution is 2.49. The summed E-state index contributed by atoms with van der Waals surface area (Å²) in [6.45, 7) is 0. The Hall–Kier alpha value is 0.0200. The van der Waals surface area contributed by atoms with Crippen LogP contribution < -0.4 is 0 Å². The molecule has 3 aliphatic rings. The summed E-state index contributed by atoms with van der Waals surface area (Å²) < 4.78 is 0. The van der Waals surface area contributed by atoms with Gasteiger partial charge in [-0.15, -0.1) is 0 Å². The van der Waals surface area contributed by atoms with E-state index in [4.69, 9.17) is 0 Å². The normalized spacial score (nSPS) is 46.0. The van der Waals surface area contributed by atoms with Crippen LogP contribution in [0.4, 0.5) is 0 Å². The van der Waals surface area contributed by atoms with Crippen molar-refractivity contribution in [3.63, 3.8) is 0 Å². The van der Waals surface area contributed by atoms with E-state index in [0.29, 0.717) is 17.6 Å². The molecule has 0 radical (unpaired) electrons. The zero-order chi connectivity index (χ0) is 9.54. The summed E-state index contributed by atoms with van der Waals surface area (Å²) in [4.78, 5) is 12.2. The van der Waals surface area contributed by atoms with Gasteiger partial charge in [0.2, 0.25) is 0 Å². The van der Waals surface area contributed by atoms with Gasteiger partial charge in [0.25, 0.3) is 0 Å². The van der Waals surface area contributed by atoms with Crippen LogP contribution in [0.5, 0.6) is 0 Å². The summed E-state index contributed by atoms with van der Waals surface area (Å²) in [5.41, 5.74) is 0. The number of rotatable bonds is 2. The largest absolute Gasteiger partial charge is 0.299 e. The second-order valence-corrected chi connectivity index (χ2v) is 6.39.